The number of rotatable bonds is 3. The Kier molecular flexibility index (Phi) is 3.52. The fourth-order valence-corrected chi connectivity index (χ4v) is 2.99. The molecule has 2 aromatic carbocycles. The van der Waals surface area contributed by atoms with Gasteiger partial charge in [-0.05, 0) is 17.7 Å². The van der Waals surface area contributed by atoms with Crippen molar-refractivity contribution >= 4 is 5.71 Å². The maximum atomic E-state index is 5.29. The summed E-state index contributed by atoms with van der Waals surface area (Å²) >= 11 is 0. The number of imidazole rings is 1. The third kappa shape index (κ3) is 2.47. The molecule has 0 bridgehead atoms. The van der Waals surface area contributed by atoms with Crippen LogP contribution < -0.4 is 0 Å². The first-order valence-electron chi connectivity index (χ1n) is 7.61. The summed E-state index contributed by atoms with van der Waals surface area (Å²) in [5, 5.41) is 0. The zero-order chi connectivity index (χ0) is 15.6. The molecule has 0 fully saturated rings. The monoisotopic (exact) mass is 303 g/mol. The normalized spacial score (nSPS) is 13.0. The van der Waals surface area contributed by atoms with Gasteiger partial charge >= 0.3 is 0 Å². The van der Waals surface area contributed by atoms with Crippen molar-refractivity contribution in [2.75, 3.05) is 7.11 Å². The molecule has 0 saturated heterocycles. The second-order valence-electron chi connectivity index (χ2n) is 5.53. The second kappa shape index (κ2) is 5.82. The van der Waals surface area contributed by atoms with Crippen LogP contribution in [0.3, 0.4) is 0 Å². The zero-order valence-corrected chi connectivity index (χ0v) is 12.9. The summed E-state index contributed by atoms with van der Waals surface area (Å²) < 4.78 is 7.40. The largest absolute Gasteiger partial charge is 0.380 e. The first-order valence-corrected chi connectivity index (χ1v) is 7.61. The lowest BCUT2D eigenvalue weighted by atomic mass is 9.98. The Bertz CT molecular complexity index is 865. The molecule has 0 radical (unpaired) electrons. The summed E-state index contributed by atoms with van der Waals surface area (Å²) in [7, 11) is 1.71. The van der Waals surface area contributed by atoms with Crippen LogP contribution in [-0.4, -0.2) is 22.4 Å². The number of fused-ring (bicyclic) bond motifs is 3. The molecule has 0 atom stereocenters. The van der Waals surface area contributed by atoms with Crippen LogP contribution in [0.15, 0.2) is 65.9 Å². The van der Waals surface area contributed by atoms with Crippen molar-refractivity contribution < 1.29 is 4.74 Å². The van der Waals surface area contributed by atoms with Gasteiger partial charge in [0.2, 0.25) is 0 Å². The summed E-state index contributed by atoms with van der Waals surface area (Å²) in [6, 6.07) is 16.7. The molecule has 4 nitrogen and oxygen atoms in total. The highest BCUT2D eigenvalue weighted by molar-refractivity contribution is 6.15. The first kappa shape index (κ1) is 13.9. The SMILES string of the molecule is COCc1ccc2c(c1)C(c1ccccc1)=NCc1nccn1-2. The van der Waals surface area contributed by atoms with E-state index in [1.807, 2.05) is 30.6 Å². The average molecular weight is 303 g/mol. The molecule has 1 aliphatic rings. The number of benzene rings is 2. The van der Waals surface area contributed by atoms with Gasteiger partial charge < -0.3 is 9.30 Å². The van der Waals surface area contributed by atoms with Crippen LogP contribution in [0.1, 0.15) is 22.5 Å². The number of hydrogen-bond donors (Lipinski definition) is 0. The first-order chi connectivity index (χ1) is 11.4. The minimum Gasteiger partial charge on any atom is -0.380 e. The molecule has 0 saturated carbocycles. The number of hydrogen-bond acceptors (Lipinski definition) is 3. The van der Waals surface area contributed by atoms with Crippen molar-refractivity contribution in [2.24, 2.45) is 4.99 Å². The molecule has 0 spiro atoms. The predicted molar refractivity (Wildman–Crippen MR) is 90.1 cm³/mol. The third-order valence-electron chi connectivity index (χ3n) is 4.03. The second-order valence-corrected chi connectivity index (χ2v) is 5.53. The third-order valence-corrected chi connectivity index (χ3v) is 4.03. The van der Waals surface area contributed by atoms with E-state index in [2.05, 4.69) is 39.9 Å². The van der Waals surface area contributed by atoms with Gasteiger partial charge in [0.1, 0.15) is 5.82 Å². The Morgan fingerprint density at radius 2 is 2.00 bits per heavy atom. The van der Waals surface area contributed by atoms with Gasteiger partial charge in [0.15, 0.2) is 0 Å². The molecule has 114 valence electrons. The van der Waals surface area contributed by atoms with E-state index in [-0.39, 0.29) is 0 Å². The van der Waals surface area contributed by atoms with E-state index in [4.69, 9.17) is 9.73 Å². The van der Waals surface area contributed by atoms with Crippen molar-refractivity contribution in [3.05, 3.63) is 83.4 Å². The Labute approximate surface area is 135 Å². The highest BCUT2D eigenvalue weighted by Crippen LogP contribution is 2.26. The van der Waals surface area contributed by atoms with Gasteiger partial charge in [0.05, 0.1) is 24.6 Å². The summed E-state index contributed by atoms with van der Waals surface area (Å²) in [5.74, 6) is 0.955. The van der Waals surface area contributed by atoms with Crippen molar-refractivity contribution in [2.45, 2.75) is 13.2 Å². The van der Waals surface area contributed by atoms with E-state index in [0.29, 0.717) is 13.2 Å². The van der Waals surface area contributed by atoms with Gasteiger partial charge in [-0.25, -0.2) is 4.98 Å². The Morgan fingerprint density at radius 1 is 1.13 bits per heavy atom. The van der Waals surface area contributed by atoms with Crippen molar-refractivity contribution in [1.29, 1.82) is 0 Å². The number of nitrogens with zero attached hydrogens (tertiary/aromatic N) is 3. The van der Waals surface area contributed by atoms with Gasteiger partial charge in [-0.3, -0.25) is 4.99 Å². The standard InChI is InChI=1S/C19H17N3O/c1-23-13-14-7-8-17-16(11-14)19(15-5-3-2-4-6-15)21-12-18-20-9-10-22(17)18/h2-11H,12-13H2,1H3. The van der Waals surface area contributed by atoms with Crippen molar-refractivity contribution in [3.63, 3.8) is 0 Å². The molecule has 4 heteroatoms. The van der Waals surface area contributed by atoms with E-state index in [0.717, 1.165) is 33.9 Å². The summed E-state index contributed by atoms with van der Waals surface area (Å²) in [4.78, 5) is 9.28. The molecule has 3 aromatic rings. The van der Waals surface area contributed by atoms with Gasteiger partial charge in [0, 0.05) is 30.6 Å². The average Bonchev–Trinajstić information content (AvgIpc) is 2.99. The lowest BCUT2D eigenvalue weighted by Gasteiger charge is -2.13. The van der Waals surface area contributed by atoms with E-state index >= 15 is 0 Å². The maximum absolute atomic E-state index is 5.29. The Balaban J connectivity index is 1.94. The lowest BCUT2D eigenvalue weighted by molar-refractivity contribution is 0.185. The fraction of sp³-hybridized carbons (Fsp3) is 0.158. The van der Waals surface area contributed by atoms with Gasteiger partial charge in [-0.1, -0.05) is 36.4 Å². The fourth-order valence-electron chi connectivity index (χ4n) is 2.99. The molecule has 0 N–H and O–H groups in total. The van der Waals surface area contributed by atoms with Gasteiger partial charge in [0.25, 0.3) is 0 Å². The number of aliphatic imine (C=N–C) groups is 1. The molecule has 1 aliphatic heterocycles. The van der Waals surface area contributed by atoms with E-state index in [1.54, 1.807) is 7.11 Å². The molecular weight excluding hydrogens is 286 g/mol. The summed E-state index contributed by atoms with van der Waals surface area (Å²) in [6.45, 7) is 1.16. The van der Waals surface area contributed by atoms with Crippen molar-refractivity contribution in [3.8, 4) is 5.69 Å². The van der Waals surface area contributed by atoms with Crippen LogP contribution in [-0.2, 0) is 17.9 Å². The topological polar surface area (TPSA) is 39.4 Å². The van der Waals surface area contributed by atoms with E-state index in [9.17, 15) is 0 Å². The number of methoxy groups -OCH3 is 1. The quantitative estimate of drug-likeness (QED) is 0.744. The number of ether oxygens (including phenoxy) is 1. The molecule has 0 aliphatic carbocycles. The van der Waals surface area contributed by atoms with Gasteiger partial charge in [-0.15, -0.1) is 0 Å². The smallest absolute Gasteiger partial charge is 0.134 e. The molecular formula is C19H17N3O. The number of aromatic nitrogens is 2. The zero-order valence-electron chi connectivity index (χ0n) is 12.9. The predicted octanol–water partition coefficient (Wildman–Crippen LogP) is 3.37. The molecule has 0 amide bonds. The molecule has 23 heavy (non-hydrogen) atoms. The Morgan fingerprint density at radius 3 is 2.83 bits per heavy atom. The maximum Gasteiger partial charge on any atom is 0.134 e. The van der Waals surface area contributed by atoms with Crippen LogP contribution in [0.2, 0.25) is 0 Å². The van der Waals surface area contributed by atoms with Crippen molar-refractivity contribution in [1.82, 2.24) is 9.55 Å². The molecule has 2 heterocycles. The highest BCUT2D eigenvalue weighted by Gasteiger charge is 2.19. The van der Waals surface area contributed by atoms with E-state index in [1.165, 1.54) is 0 Å². The molecule has 4 rings (SSSR count). The Hall–Kier alpha value is -2.72. The van der Waals surface area contributed by atoms with Crippen LogP contribution in [0, 0.1) is 0 Å². The van der Waals surface area contributed by atoms with Crippen LogP contribution in [0.4, 0.5) is 0 Å². The molecule has 1 aromatic heterocycles. The van der Waals surface area contributed by atoms with E-state index < -0.39 is 0 Å². The lowest BCUT2D eigenvalue weighted by Crippen LogP contribution is -2.08. The summed E-state index contributed by atoms with van der Waals surface area (Å²) in [5.41, 5.74) is 5.48. The highest BCUT2D eigenvalue weighted by atomic mass is 16.5. The molecule has 0 unspecified atom stereocenters. The van der Waals surface area contributed by atoms with Crippen LogP contribution >= 0.6 is 0 Å². The van der Waals surface area contributed by atoms with Gasteiger partial charge in [-0.2, -0.15) is 0 Å². The summed E-state index contributed by atoms with van der Waals surface area (Å²) in [6.07, 6.45) is 3.82. The minimum absolute atomic E-state index is 0.575. The van der Waals surface area contributed by atoms with Crippen LogP contribution in [0.25, 0.3) is 5.69 Å². The minimum atomic E-state index is 0.575. The van der Waals surface area contributed by atoms with Crippen LogP contribution in [0.5, 0.6) is 0 Å².